The molecule has 0 bridgehead atoms. The van der Waals surface area contributed by atoms with Gasteiger partial charge in [0.1, 0.15) is 29.6 Å². The minimum absolute atomic E-state index is 0.0172. The lowest BCUT2D eigenvalue weighted by atomic mass is 9.86. The third kappa shape index (κ3) is 5.96. The van der Waals surface area contributed by atoms with E-state index in [1.807, 2.05) is 0 Å². The number of thioether (sulfide) groups is 1. The molecule has 1 aromatic rings. The summed E-state index contributed by atoms with van der Waals surface area (Å²) in [5.41, 5.74) is 4.57. The van der Waals surface area contributed by atoms with Crippen LogP contribution >= 0.6 is 23.1 Å². The first-order chi connectivity index (χ1) is 17.1. The molecule has 2 fully saturated rings. The minimum atomic E-state index is -1.19. The monoisotopic (exact) mass is 541 g/mol. The highest BCUT2D eigenvalue weighted by Crippen LogP contribution is 2.43. The van der Waals surface area contributed by atoms with Gasteiger partial charge in [-0.2, -0.15) is 0 Å². The fraction of sp³-hybridized carbons (Fsp3) is 0.524. The number of amides is 2. The number of thiazole rings is 1. The summed E-state index contributed by atoms with van der Waals surface area (Å²) >= 11 is 2.45. The number of nitrogen functional groups attached to an aromatic ring is 1. The Morgan fingerprint density at radius 3 is 2.75 bits per heavy atom. The molecule has 15 heteroatoms. The highest BCUT2D eigenvalue weighted by molar-refractivity contribution is 8.00. The number of nitrogens with zero attached hydrogens (tertiary/aromatic N) is 3. The van der Waals surface area contributed by atoms with Crippen LogP contribution in [0.25, 0.3) is 0 Å². The Bertz CT molecular complexity index is 1080. The zero-order chi connectivity index (χ0) is 26.5. The third-order valence-corrected chi connectivity index (χ3v) is 7.49. The highest BCUT2D eigenvalue weighted by atomic mass is 32.2. The number of nitrogens with two attached hydrogens (primary N) is 1. The predicted octanol–water partition coefficient (Wildman–Crippen LogP) is 0.117. The molecule has 0 aromatic carbocycles. The van der Waals surface area contributed by atoms with E-state index in [0.717, 1.165) is 11.3 Å². The van der Waals surface area contributed by atoms with Gasteiger partial charge < -0.3 is 35.0 Å². The van der Waals surface area contributed by atoms with Crippen LogP contribution < -0.4 is 11.1 Å². The first-order valence-corrected chi connectivity index (χ1v) is 12.6. The second kappa shape index (κ2) is 11.7. The largest absolute Gasteiger partial charge is 0.426 e. The number of hydrogen-bond acceptors (Lipinski definition) is 13. The Balaban J connectivity index is 1.72. The second-order valence-electron chi connectivity index (χ2n) is 7.91. The van der Waals surface area contributed by atoms with Gasteiger partial charge >= 0.3 is 11.9 Å². The average Bonchev–Trinajstić information content (AvgIpc) is 3.26. The minimum Gasteiger partial charge on any atom is -0.426 e. The molecule has 2 saturated heterocycles. The molecule has 13 nitrogen and oxygen atoms in total. The van der Waals surface area contributed by atoms with Crippen molar-refractivity contribution in [2.45, 2.75) is 31.6 Å². The summed E-state index contributed by atoms with van der Waals surface area (Å²) in [6.45, 7) is 2.90. The smallest absolute Gasteiger partial charge is 0.321 e. The molecule has 3 rings (SSSR count). The Labute approximate surface area is 215 Å². The van der Waals surface area contributed by atoms with E-state index in [0.29, 0.717) is 0 Å². The number of oxime groups is 1. The van der Waals surface area contributed by atoms with Gasteiger partial charge in [0, 0.05) is 38.6 Å². The lowest BCUT2D eigenvalue weighted by molar-refractivity contribution is -0.189. The number of carbonyl (C=O) groups is 4. The van der Waals surface area contributed by atoms with E-state index in [-0.39, 0.29) is 41.3 Å². The van der Waals surface area contributed by atoms with Crippen molar-refractivity contribution in [3.8, 4) is 0 Å². The van der Waals surface area contributed by atoms with Crippen molar-refractivity contribution in [1.29, 1.82) is 0 Å². The third-order valence-electron chi connectivity index (χ3n) is 5.27. The number of carbonyl (C=O) groups excluding carboxylic acids is 4. The van der Waals surface area contributed by atoms with Crippen molar-refractivity contribution < 1.29 is 38.2 Å². The van der Waals surface area contributed by atoms with Gasteiger partial charge in [-0.25, -0.2) is 4.98 Å². The number of hydrogen-bond donors (Lipinski definition) is 2. The van der Waals surface area contributed by atoms with Crippen LogP contribution in [0, 0.1) is 5.41 Å². The van der Waals surface area contributed by atoms with Crippen LogP contribution in [0.15, 0.2) is 22.7 Å². The number of nitrogens with one attached hydrogen (secondary N) is 1. The van der Waals surface area contributed by atoms with Crippen LogP contribution in [-0.2, 0) is 38.2 Å². The van der Waals surface area contributed by atoms with Crippen molar-refractivity contribution in [3.63, 3.8) is 0 Å². The number of fused-ring (bicyclic) bond motifs is 1. The van der Waals surface area contributed by atoms with Crippen molar-refractivity contribution in [2.24, 2.45) is 10.6 Å². The standard InChI is InChI=1S/C21H27N5O8S2/c1-11(27)33-12(2)34-19(30)21(6-5-7-31-3)9-26-17(29)15(18(26)36-10-21)24-16(28)14(25-32-4)13-8-35-20(22)23-13/h5-6,8,12,15,18H,7,9-10H2,1-4H3,(H2,22,23)(H,24,28)/t12?,15?,18-,21?/m1/s1. The lowest BCUT2D eigenvalue weighted by Crippen LogP contribution is -2.74. The van der Waals surface area contributed by atoms with Crippen LogP contribution in [0.5, 0.6) is 0 Å². The molecule has 0 aliphatic carbocycles. The number of ether oxygens (including phenoxy) is 3. The molecule has 2 aliphatic heterocycles. The Kier molecular flexibility index (Phi) is 8.92. The molecule has 36 heavy (non-hydrogen) atoms. The van der Waals surface area contributed by atoms with E-state index in [9.17, 15) is 19.2 Å². The fourth-order valence-electron chi connectivity index (χ4n) is 3.68. The van der Waals surface area contributed by atoms with Crippen molar-refractivity contribution in [2.75, 3.05) is 38.9 Å². The molecule has 0 saturated carbocycles. The SMILES string of the molecule is COCC=CC1(C(=O)OC(C)OC(C)=O)CS[C@@H]2C(NC(=O)C(=NOC)c3csc(N)n3)C(=O)N2C1. The number of β-lactam (4-membered cyclic amide) rings is 1. The maximum atomic E-state index is 13.1. The summed E-state index contributed by atoms with van der Waals surface area (Å²) in [6, 6.07) is -0.836. The molecule has 3 N–H and O–H groups in total. The van der Waals surface area contributed by atoms with Crippen LogP contribution in [0.4, 0.5) is 5.13 Å². The molecule has 0 radical (unpaired) electrons. The van der Waals surface area contributed by atoms with Gasteiger partial charge in [-0.3, -0.25) is 19.2 Å². The molecule has 3 unspecified atom stereocenters. The van der Waals surface area contributed by atoms with Gasteiger partial charge in [0.25, 0.3) is 5.91 Å². The van der Waals surface area contributed by atoms with Gasteiger partial charge in [-0.15, -0.1) is 23.1 Å². The van der Waals surface area contributed by atoms with E-state index in [1.165, 1.54) is 44.7 Å². The molecule has 1 aromatic heterocycles. The Morgan fingerprint density at radius 1 is 1.39 bits per heavy atom. The summed E-state index contributed by atoms with van der Waals surface area (Å²) < 4.78 is 15.3. The van der Waals surface area contributed by atoms with E-state index < -0.39 is 41.0 Å². The fourth-order valence-corrected chi connectivity index (χ4v) is 5.74. The molecule has 2 aliphatic rings. The molecule has 2 amide bonds. The summed E-state index contributed by atoms with van der Waals surface area (Å²) in [7, 11) is 2.80. The van der Waals surface area contributed by atoms with E-state index in [1.54, 1.807) is 17.5 Å². The molecular formula is C21H27N5O8S2. The normalized spacial score (nSPS) is 24.5. The molecule has 4 atom stereocenters. The quantitative estimate of drug-likeness (QED) is 0.103. The van der Waals surface area contributed by atoms with Gasteiger partial charge in [-0.05, 0) is 0 Å². The van der Waals surface area contributed by atoms with E-state index in [4.69, 9.17) is 24.8 Å². The van der Waals surface area contributed by atoms with Crippen molar-refractivity contribution >= 4 is 57.7 Å². The molecule has 196 valence electrons. The number of methoxy groups -OCH3 is 1. The van der Waals surface area contributed by atoms with Gasteiger partial charge in [0.2, 0.25) is 12.2 Å². The Morgan fingerprint density at radius 2 is 2.14 bits per heavy atom. The van der Waals surface area contributed by atoms with Crippen molar-refractivity contribution in [1.82, 2.24) is 15.2 Å². The number of anilines is 1. The van der Waals surface area contributed by atoms with Gasteiger partial charge in [0.05, 0.1) is 6.61 Å². The summed E-state index contributed by atoms with van der Waals surface area (Å²) in [6.07, 6.45) is 2.20. The summed E-state index contributed by atoms with van der Waals surface area (Å²) in [4.78, 5) is 60.4. The summed E-state index contributed by atoms with van der Waals surface area (Å²) in [5, 5.41) is 7.80. The Hall–Kier alpha value is -3.17. The average molecular weight is 542 g/mol. The van der Waals surface area contributed by atoms with Crippen LogP contribution in [0.1, 0.15) is 19.5 Å². The maximum Gasteiger partial charge on any atom is 0.321 e. The van der Waals surface area contributed by atoms with Crippen molar-refractivity contribution in [3.05, 3.63) is 23.2 Å². The maximum absolute atomic E-state index is 13.1. The number of esters is 2. The van der Waals surface area contributed by atoms with E-state index in [2.05, 4.69) is 15.5 Å². The zero-order valence-electron chi connectivity index (χ0n) is 20.1. The van der Waals surface area contributed by atoms with Gasteiger partial charge in [-0.1, -0.05) is 17.3 Å². The predicted molar refractivity (Wildman–Crippen MR) is 131 cm³/mol. The first-order valence-electron chi connectivity index (χ1n) is 10.7. The van der Waals surface area contributed by atoms with Gasteiger partial charge in [0.15, 0.2) is 10.8 Å². The molecule has 3 heterocycles. The second-order valence-corrected chi connectivity index (χ2v) is 9.90. The molecule has 0 spiro atoms. The zero-order valence-corrected chi connectivity index (χ0v) is 21.7. The van der Waals surface area contributed by atoms with Crippen LogP contribution in [-0.4, -0.2) is 90.2 Å². The lowest BCUT2D eigenvalue weighted by Gasteiger charge is -2.53. The number of aromatic nitrogens is 1. The first kappa shape index (κ1) is 27.4. The number of rotatable bonds is 10. The topological polar surface area (TPSA) is 172 Å². The van der Waals surface area contributed by atoms with Crippen LogP contribution in [0.2, 0.25) is 0 Å². The van der Waals surface area contributed by atoms with E-state index >= 15 is 0 Å². The summed E-state index contributed by atoms with van der Waals surface area (Å²) in [5.74, 6) is -2.01. The highest BCUT2D eigenvalue weighted by Gasteiger charge is 2.57. The van der Waals surface area contributed by atoms with Crippen LogP contribution in [0.3, 0.4) is 0 Å². The molecular weight excluding hydrogens is 514 g/mol.